The first-order chi connectivity index (χ1) is 17.2. The third-order valence-electron chi connectivity index (χ3n) is 7.63. The van der Waals surface area contributed by atoms with E-state index in [1.165, 1.54) is 0 Å². The molecule has 36 heavy (non-hydrogen) atoms. The number of hydrogen-bond donors (Lipinski definition) is 2. The number of benzene rings is 2. The molecule has 5 unspecified atom stereocenters. The third-order valence-corrected chi connectivity index (χ3v) is 7.63. The summed E-state index contributed by atoms with van der Waals surface area (Å²) in [5, 5.41) is 5.97. The van der Waals surface area contributed by atoms with Crippen molar-refractivity contribution in [1.29, 1.82) is 0 Å². The van der Waals surface area contributed by atoms with Crippen LogP contribution >= 0.6 is 0 Å². The van der Waals surface area contributed by atoms with E-state index < -0.39 is 29.1 Å². The number of ether oxygens (including phenoxy) is 1. The van der Waals surface area contributed by atoms with Crippen molar-refractivity contribution in [3.8, 4) is 0 Å². The van der Waals surface area contributed by atoms with Gasteiger partial charge >= 0.3 is 0 Å². The van der Waals surface area contributed by atoms with Crippen LogP contribution in [0.3, 0.4) is 0 Å². The van der Waals surface area contributed by atoms with Gasteiger partial charge in [-0.05, 0) is 37.0 Å². The van der Waals surface area contributed by atoms with Crippen molar-refractivity contribution in [3.05, 3.63) is 78.4 Å². The Morgan fingerprint density at radius 3 is 2.33 bits per heavy atom. The van der Waals surface area contributed by atoms with Crippen LogP contribution in [-0.4, -0.2) is 46.4 Å². The molecule has 188 valence electrons. The molecule has 2 bridgehead atoms. The van der Waals surface area contributed by atoms with Gasteiger partial charge in [-0.3, -0.25) is 14.4 Å². The van der Waals surface area contributed by atoms with Gasteiger partial charge in [0, 0.05) is 18.8 Å². The quantitative estimate of drug-likeness (QED) is 0.558. The van der Waals surface area contributed by atoms with Crippen LogP contribution in [-0.2, 0) is 25.7 Å². The van der Waals surface area contributed by atoms with Crippen molar-refractivity contribution in [2.45, 2.75) is 51.0 Å². The molecule has 1 spiro atoms. The van der Waals surface area contributed by atoms with E-state index in [9.17, 15) is 14.4 Å². The number of nitrogens with zero attached hydrogens (tertiary/aromatic N) is 1. The number of rotatable bonds is 8. The number of anilines is 1. The molecule has 2 aromatic rings. The summed E-state index contributed by atoms with van der Waals surface area (Å²) in [5.41, 5.74) is -0.521. The number of para-hydroxylation sites is 1. The summed E-state index contributed by atoms with van der Waals surface area (Å²) < 4.78 is 6.54. The van der Waals surface area contributed by atoms with E-state index in [4.69, 9.17) is 4.74 Å². The van der Waals surface area contributed by atoms with E-state index >= 15 is 0 Å². The first kappa shape index (κ1) is 24.3. The maximum atomic E-state index is 13.9. The summed E-state index contributed by atoms with van der Waals surface area (Å²) >= 11 is 0. The zero-order chi connectivity index (χ0) is 25.5. The molecule has 2 fully saturated rings. The van der Waals surface area contributed by atoms with Crippen LogP contribution in [0.4, 0.5) is 5.69 Å². The van der Waals surface area contributed by atoms with Crippen LogP contribution in [0, 0.1) is 17.8 Å². The number of hydrogen-bond acceptors (Lipinski definition) is 4. The number of carbonyl (C=O) groups excluding carboxylic acids is 3. The Hall–Kier alpha value is -3.45. The highest BCUT2D eigenvalue weighted by atomic mass is 16.5. The van der Waals surface area contributed by atoms with E-state index in [0.29, 0.717) is 24.7 Å². The molecule has 2 aromatic carbocycles. The van der Waals surface area contributed by atoms with Crippen molar-refractivity contribution in [2.75, 3.05) is 11.9 Å². The van der Waals surface area contributed by atoms with Crippen LogP contribution in [0.25, 0.3) is 0 Å². The van der Waals surface area contributed by atoms with Crippen molar-refractivity contribution < 1.29 is 19.1 Å². The highest BCUT2D eigenvalue weighted by Gasteiger charge is 2.76. The molecule has 0 aliphatic carbocycles. The Labute approximate surface area is 211 Å². The average molecular weight is 488 g/mol. The number of carbonyl (C=O) groups is 3. The van der Waals surface area contributed by atoms with Gasteiger partial charge in [-0.15, -0.1) is 0 Å². The summed E-state index contributed by atoms with van der Waals surface area (Å²) in [6, 6.07) is 18.0. The Morgan fingerprint density at radius 1 is 1.00 bits per heavy atom. The van der Waals surface area contributed by atoms with Gasteiger partial charge in [0.2, 0.25) is 17.7 Å². The normalized spacial score (nSPS) is 30.1. The minimum Gasteiger partial charge on any atom is -0.356 e. The zero-order valence-electron chi connectivity index (χ0n) is 20.9. The minimum atomic E-state index is -1.18. The second kappa shape index (κ2) is 9.21. The Balaban J connectivity index is 1.46. The molecule has 2 saturated heterocycles. The average Bonchev–Trinajstić information content (AvgIpc) is 3.43. The first-order valence-corrected chi connectivity index (χ1v) is 12.6. The lowest BCUT2D eigenvalue weighted by Gasteiger charge is -2.33. The molecule has 7 nitrogen and oxygen atoms in total. The molecule has 5 atom stereocenters. The van der Waals surface area contributed by atoms with Crippen molar-refractivity contribution >= 4 is 23.4 Å². The predicted molar refractivity (Wildman–Crippen MR) is 137 cm³/mol. The smallest absolute Gasteiger partial charge is 0.246 e. The summed E-state index contributed by atoms with van der Waals surface area (Å²) in [4.78, 5) is 42.8. The number of likely N-dealkylation sites (tertiary alicyclic amines) is 1. The van der Waals surface area contributed by atoms with E-state index in [-0.39, 0.29) is 17.7 Å². The maximum absolute atomic E-state index is 13.9. The maximum Gasteiger partial charge on any atom is 0.246 e. The Kier molecular flexibility index (Phi) is 6.20. The molecular weight excluding hydrogens is 454 g/mol. The van der Waals surface area contributed by atoms with Crippen LogP contribution in [0.15, 0.2) is 72.8 Å². The second-order valence-electron chi connectivity index (χ2n) is 10.6. The van der Waals surface area contributed by atoms with Crippen LogP contribution in [0.1, 0.15) is 32.8 Å². The van der Waals surface area contributed by atoms with Gasteiger partial charge in [-0.2, -0.15) is 0 Å². The SMILES string of the molecule is CC(C)CCN1C(=O)C2C(C(=O)Nc3ccccc3)C3(C)C=CC2(O3)C1C(=O)NCc1ccccc1. The highest BCUT2D eigenvalue weighted by molar-refractivity contribution is 6.03. The molecule has 3 aliphatic rings. The number of amides is 3. The highest BCUT2D eigenvalue weighted by Crippen LogP contribution is 2.59. The summed E-state index contributed by atoms with van der Waals surface area (Å²) in [6.45, 7) is 6.78. The van der Waals surface area contributed by atoms with Gasteiger partial charge < -0.3 is 20.3 Å². The van der Waals surface area contributed by atoms with Crippen molar-refractivity contribution in [1.82, 2.24) is 10.2 Å². The van der Waals surface area contributed by atoms with E-state index in [1.54, 1.807) is 4.90 Å². The van der Waals surface area contributed by atoms with Gasteiger partial charge in [0.1, 0.15) is 11.6 Å². The summed E-state index contributed by atoms with van der Waals surface area (Å²) in [5.74, 6) is -1.90. The molecule has 0 aromatic heterocycles. The van der Waals surface area contributed by atoms with Crippen LogP contribution < -0.4 is 10.6 Å². The lowest BCUT2D eigenvalue weighted by molar-refractivity contribution is -0.144. The monoisotopic (exact) mass is 487 g/mol. The lowest BCUT2D eigenvalue weighted by Crippen LogP contribution is -2.54. The predicted octanol–water partition coefficient (Wildman–Crippen LogP) is 3.53. The standard InChI is InChI=1S/C29H33N3O4/c1-19(2)14-17-32-24(26(34)30-18-20-10-6-4-7-11-20)29-16-15-28(3,36-29)22(23(29)27(32)35)25(33)31-21-12-8-5-9-13-21/h4-13,15-16,19,22-24H,14,17-18H2,1-3H3,(H,30,34)(H,31,33). The number of fused-ring (bicyclic) bond motifs is 1. The summed E-state index contributed by atoms with van der Waals surface area (Å²) in [6.07, 6.45) is 4.46. The summed E-state index contributed by atoms with van der Waals surface area (Å²) in [7, 11) is 0. The zero-order valence-corrected chi connectivity index (χ0v) is 20.9. The molecule has 3 aliphatic heterocycles. The molecule has 7 heteroatoms. The van der Waals surface area contributed by atoms with Gasteiger partial charge in [-0.25, -0.2) is 0 Å². The van der Waals surface area contributed by atoms with Gasteiger partial charge in [0.25, 0.3) is 0 Å². The van der Waals surface area contributed by atoms with E-state index in [2.05, 4.69) is 24.5 Å². The molecular formula is C29H33N3O4. The van der Waals surface area contributed by atoms with Crippen LogP contribution in [0.2, 0.25) is 0 Å². The Bertz CT molecular complexity index is 1180. The Morgan fingerprint density at radius 2 is 1.67 bits per heavy atom. The molecule has 2 N–H and O–H groups in total. The van der Waals surface area contributed by atoms with Crippen LogP contribution in [0.5, 0.6) is 0 Å². The minimum absolute atomic E-state index is 0.197. The second-order valence-corrected chi connectivity index (χ2v) is 10.6. The van der Waals surface area contributed by atoms with E-state index in [1.807, 2.05) is 79.7 Å². The largest absolute Gasteiger partial charge is 0.356 e. The topological polar surface area (TPSA) is 87.7 Å². The van der Waals surface area contributed by atoms with Crippen molar-refractivity contribution in [2.24, 2.45) is 17.8 Å². The fourth-order valence-corrected chi connectivity index (χ4v) is 5.89. The lowest BCUT2D eigenvalue weighted by atomic mass is 9.70. The molecule has 0 radical (unpaired) electrons. The molecule has 3 heterocycles. The first-order valence-electron chi connectivity index (χ1n) is 12.6. The van der Waals surface area contributed by atoms with Crippen molar-refractivity contribution in [3.63, 3.8) is 0 Å². The van der Waals surface area contributed by atoms with E-state index in [0.717, 1.165) is 12.0 Å². The molecule has 5 rings (SSSR count). The van der Waals surface area contributed by atoms with Gasteiger partial charge in [-0.1, -0.05) is 74.5 Å². The molecule has 3 amide bonds. The number of nitrogens with one attached hydrogen (secondary N) is 2. The van der Waals surface area contributed by atoms with Gasteiger partial charge in [0.05, 0.1) is 17.4 Å². The third kappa shape index (κ3) is 4.01. The fraction of sp³-hybridized carbons (Fsp3) is 0.414. The fourth-order valence-electron chi connectivity index (χ4n) is 5.89. The van der Waals surface area contributed by atoms with Gasteiger partial charge in [0.15, 0.2) is 0 Å². The molecule has 0 saturated carbocycles.